The standard InChI is InChI=1S/C33H41F3O4/c1-3-5-19-39-30-18-13-24(20-28(30)34)21-11-14-25(15-12-21)40-33(38)27-17-16-26(31(35)32(27)36)22-7-9-23(10-8-22)29(37)6-4-2/h3,13,16-18,20-23,25,29,37H,1,4-12,14-15,19H2,2H3. The Morgan fingerprint density at radius 3 is 2.35 bits per heavy atom. The molecule has 0 radical (unpaired) electrons. The van der Waals surface area contributed by atoms with Crippen LogP contribution in [0.25, 0.3) is 0 Å². The molecule has 4 nitrogen and oxygen atoms in total. The summed E-state index contributed by atoms with van der Waals surface area (Å²) in [6.07, 6.45) is 8.72. The van der Waals surface area contributed by atoms with E-state index in [1.54, 1.807) is 12.1 Å². The zero-order valence-corrected chi connectivity index (χ0v) is 23.3. The zero-order valence-electron chi connectivity index (χ0n) is 23.3. The molecule has 0 spiro atoms. The summed E-state index contributed by atoms with van der Waals surface area (Å²) in [5.41, 5.74) is 0.780. The number of halogens is 3. The minimum atomic E-state index is -1.16. The summed E-state index contributed by atoms with van der Waals surface area (Å²) in [5, 5.41) is 10.3. The van der Waals surface area contributed by atoms with Gasteiger partial charge in [-0.3, -0.25) is 0 Å². The van der Waals surface area contributed by atoms with Gasteiger partial charge in [-0.05, 0) is 111 Å². The Bertz CT molecular complexity index is 1150. The summed E-state index contributed by atoms with van der Waals surface area (Å²) in [4.78, 5) is 12.8. The quantitative estimate of drug-likeness (QED) is 0.171. The molecule has 1 atom stereocenters. The Morgan fingerprint density at radius 2 is 1.70 bits per heavy atom. The van der Waals surface area contributed by atoms with Gasteiger partial charge in [-0.1, -0.05) is 31.6 Å². The van der Waals surface area contributed by atoms with Crippen LogP contribution >= 0.6 is 0 Å². The van der Waals surface area contributed by atoms with Crippen LogP contribution in [-0.4, -0.2) is 29.9 Å². The Morgan fingerprint density at radius 1 is 1.00 bits per heavy atom. The maximum atomic E-state index is 15.1. The number of carbonyl (C=O) groups excluding carboxylic acids is 1. The van der Waals surface area contributed by atoms with Gasteiger partial charge in [-0.25, -0.2) is 18.0 Å². The zero-order chi connectivity index (χ0) is 28.6. The Labute approximate surface area is 235 Å². The molecule has 1 unspecified atom stereocenters. The average Bonchev–Trinajstić information content (AvgIpc) is 2.96. The molecular weight excluding hydrogens is 517 g/mol. The molecule has 1 N–H and O–H groups in total. The normalized spacial score (nSPS) is 23.8. The molecule has 0 heterocycles. The molecule has 4 rings (SSSR count). The lowest BCUT2D eigenvalue weighted by molar-refractivity contribution is 0.0189. The predicted octanol–water partition coefficient (Wildman–Crippen LogP) is 8.38. The maximum absolute atomic E-state index is 15.1. The fraction of sp³-hybridized carbons (Fsp3) is 0.545. The van der Waals surface area contributed by atoms with E-state index in [2.05, 4.69) is 6.58 Å². The molecule has 0 aromatic heterocycles. The lowest BCUT2D eigenvalue weighted by Gasteiger charge is -2.32. The van der Waals surface area contributed by atoms with Crippen molar-refractivity contribution in [1.29, 1.82) is 0 Å². The van der Waals surface area contributed by atoms with Crippen LogP contribution in [0.4, 0.5) is 13.2 Å². The molecule has 40 heavy (non-hydrogen) atoms. The summed E-state index contributed by atoms with van der Waals surface area (Å²) in [6.45, 7) is 6.03. The smallest absolute Gasteiger partial charge is 0.341 e. The van der Waals surface area contributed by atoms with Gasteiger partial charge in [0.2, 0.25) is 0 Å². The fourth-order valence-corrected chi connectivity index (χ4v) is 6.25. The van der Waals surface area contributed by atoms with E-state index in [0.717, 1.165) is 31.2 Å². The van der Waals surface area contributed by atoms with Crippen molar-refractivity contribution in [2.45, 2.75) is 102 Å². The van der Waals surface area contributed by atoms with Crippen molar-refractivity contribution < 1.29 is 32.5 Å². The first-order valence-corrected chi connectivity index (χ1v) is 14.7. The van der Waals surface area contributed by atoms with Crippen molar-refractivity contribution >= 4 is 5.97 Å². The van der Waals surface area contributed by atoms with E-state index in [0.29, 0.717) is 57.1 Å². The molecule has 0 saturated heterocycles. The third-order valence-corrected chi connectivity index (χ3v) is 8.63. The van der Waals surface area contributed by atoms with Gasteiger partial charge in [0.05, 0.1) is 18.3 Å². The Balaban J connectivity index is 1.30. The van der Waals surface area contributed by atoms with Crippen LogP contribution in [0.3, 0.4) is 0 Å². The first-order valence-electron chi connectivity index (χ1n) is 14.7. The molecule has 0 bridgehead atoms. The second kappa shape index (κ2) is 14.2. The van der Waals surface area contributed by atoms with Crippen LogP contribution in [0.2, 0.25) is 0 Å². The molecule has 2 aliphatic rings. The number of esters is 1. The highest BCUT2D eigenvalue weighted by Gasteiger charge is 2.31. The van der Waals surface area contributed by atoms with Crippen molar-refractivity contribution in [2.75, 3.05) is 6.61 Å². The van der Waals surface area contributed by atoms with Crippen molar-refractivity contribution in [2.24, 2.45) is 5.92 Å². The molecule has 2 aromatic carbocycles. The van der Waals surface area contributed by atoms with Crippen LogP contribution in [0, 0.1) is 23.4 Å². The van der Waals surface area contributed by atoms with Gasteiger partial charge >= 0.3 is 5.97 Å². The van der Waals surface area contributed by atoms with Crippen LogP contribution in [0.5, 0.6) is 5.75 Å². The maximum Gasteiger partial charge on any atom is 0.341 e. The Kier molecular flexibility index (Phi) is 10.7. The van der Waals surface area contributed by atoms with Crippen LogP contribution < -0.4 is 4.74 Å². The topological polar surface area (TPSA) is 55.8 Å². The molecular formula is C33H41F3O4. The van der Waals surface area contributed by atoms with E-state index in [9.17, 15) is 14.3 Å². The van der Waals surface area contributed by atoms with Gasteiger partial charge in [-0.2, -0.15) is 0 Å². The average molecular weight is 559 g/mol. The number of rotatable bonds is 11. The van der Waals surface area contributed by atoms with E-state index >= 15 is 8.78 Å². The monoisotopic (exact) mass is 558 g/mol. The van der Waals surface area contributed by atoms with Crippen molar-refractivity contribution in [1.82, 2.24) is 0 Å². The van der Waals surface area contributed by atoms with Crippen molar-refractivity contribution in [3.8, 4) is 5.75 Å². The minimum absolute atomic E-state index is 0.123. The highest BCUT2D eigenvalue weighted by Crippen LogP contribution is 2.40. The number of hydrogen-bond acceptors (Lipinski definition) is 4. The minimum Gasteiger partial charge on any atom is -0.490 e. The van der Waals surface area contributed by atoms with E-state index in [-0.39, 0.29) is 35.2 Å². The van der Waals surface area contributed by atoms with Gasteiger partial charge in [0, 0.05) is 0 Å². The summed E-state index contributed by atoms with van der Waals surface area (Å²) >= 11 is 0. The summed E-state index contributed by atoms with van der Waals surface area (Å²) in [6, 6.07) is 7.85. The van der Waals surface area contributed by atoms with E-state index in [1.165, 1.54) is 18.2 Å². The number of carbonyl (C=O) groups is 1. The molecule has 2 fully saturated rings. The fourth-order valence-electron chi connectivity index (χ4n) is 6.25. The molecule has 218 valence electrons. The first kappa shape index (κ1) is 30.2. The van der Waals surface area contributed by atoms with Gasteiger partial charge in [0.15, 0.2) is 23.2 Å². The first-order chi connectivity index (χ1) is 19.3. The van der Waals surface area contributed by atoms with Gasteiger partial charge in [0.25, 0.3) is 0 Å². The number of aliphatic hydroxyl groups excluding tert-OH is 1. The lowest BCUT2D eigenvalue weighted by Crippen LogP contribution is -2.26. The molecule has 2 saturated carbocycles. The molecule has 7 heteroatoms. The van der Waals surface area contributed by atoms with Gasteiger partial charge < -0.3 is 14.6 Å². The van der Waals surface area contributed by atoms with Gasteiger partial charge in [-0.15, -0.1) is 6.58 Å². The SMILES string of the molecule is C=CCCOc1ccc(C2CCC(OC(=O)c3ccc(C4CCC(C(O)CCC)CC4)c(F)c3F)CC2)cc1F. The molecule has 2 aliphatic carbocycles. The summed E-state index contributed by atoms with van der Waals surface area (Å²) < 4.78 is 55.6. The molecule has 0 aliphatic heterocycles. The highest BCUT2D eigenvalue weighted by molar-refractivity contribution is 5.90. The van der Waals surface area contributed by atoms with Crippen LogP contribution in [-0.2, 0) is 4.74 Å². The number of ether oxygens (including phenoxy) is 2. The summed E-state index contributed by atoms with van der Waals surface area (Å²) in [5.74, 6) is -2.98. The van der Waals surface area contributed by atoms with E-state index in [1.807, 2.05) is 13.0 Å². The number of aliphatic hydroxyl groups is 1. The van der Waals surface area contributed by atoms with E-state index < -0.39 is 29.5 Å². The molecule has 2 aromatic rings. The van der Waals surface area contributed by atoms with E-state index in [4.69, 9.17) is 9.47 Å². The van der Waals surface area contributed by atoms with Gasteiger partial charge in [0.1, 0.15) is 6.10 Å². The largest absolute Gasteiger partial charge is 0.490 e. The number of hydrogen-bond donors (Lipinski definition) is 1. The van der Waals surface area contributed by atoms with Crippen molar-refractivity contribution in [3.05, 3.63) is 77.1 Å². The number of benzene rings is 2. The third-order valence-electron chi connectivity index (χ3n) is 8.63. The molecule has 0 amide bonds. The summed E-state index contributed by atoms with van der Waals surface area (Å²) in [7, 11) is 0. The highest BCUT2D eigenvalue weighted by atomic mass is 19.2. The predicted molar refractivity (Wildman–Crippen MR) is 149 cm³/mol. The Hall–Kier alpha value is -2.80. The lowest BCUT2D eigenvalue weighted by atomic mass is 9.76. The second-order valence-electron chi connectivity index (χ2n) is 11.3. The second-order valence-corrected chi connectivity index (χ2v) is 11.3. The van der Waals surface area contributed by atoms with Crippen LogP contribution in [0.1, 0.15) is 111 Å². The van der Waals surface area contributed by atoms with Crippen LogP contribution in [0.15, 0.2) is 43.0 Å². The van der Waals surface area contributed by atoms with Crippen molar-refractivity contribution in [3.63, 3.8) is 0 Å². The third kappa shape index (κ3) is 7.28.